The molecule has 0 amide bonds. The lowest BCUT2D eigenvalue weighted by atomic mass is 10.1. The van der Waals surface area contributed by atoms with Crippen LogP contribution in [0.3, 0.4) is 0 Å². The summed E-state index contributed by atoms with van der Waals surface area (Å²) >= 11 is 1.74. The van der Waals surface area contributed by atoms with Crippen LogP contribution in [0.4, 0.5) is 0 Å². The van der Waals surface area contributed by atoms with E-state index in [0.29, 0.717) is 0 Å². The molecule has 0 N–H and O–H groups in total. The molecule has 0 aliphatic carbocycles. The Kier molecular flexibility index (Phi) is 4.76. The van der Waals surface area contributed by atoms with Gasteiger partial charge < -0.3 is 4.57 Å². The van der Waals surface area contributed by atoms with E-state index in [1.165, 1.54) is 16.7 Å². The SMILES string of the molecule is CCn1c(SCc2cc(C)ccc2C)nnc1-c1ccncc1. The maximum atomic E-state index is 4.39. The maximum Gasteiger partial charge on any atom is 0.191 e. The van der Waals surface area contributed by atoms with Gasteiger partial charge in [0, 0.05) is 30.3 Å². The molecule has 0 aliphatic heterocycles. The summed E-state index contributed by atoms with van der Waals surface area (Å²) in [6, 6.07) is 10.5. The van der Waals surface area contributed by atoms with Crippen molar-refractivity contribution in [3.63, 3.8) is 0 Å². The summed E-state index contributed by atoms with van der Waals surface area (Å²) in [4.78, 5) is 4.06. The largest absolute Gasteiger partial charge is 0.302 e. The summed E-state index contributed by atoms with van der Waals surface area (Å²) in [5, 5.41) is 9.72. The van der Waals surface area contributed by atoms with Crippen molar-refractivity contribution in [2.24, 2.45) is 0 Å². The third-order valence-electron chi connectivity index (χ3n) is 3.83. The smallest absolute Gasteiger partial charge is 0.191 e. The van der Waals surface area contributed by atoms with Gasteiger partial charge in [0.15, 0.2) is 11.0 Å². The Hall–Kier alpha value is -2.14. The zero-order valence-electron chi connectivity index (χ0n) is 13.7. The molecule has 0 saturated carbocycles. The zero-order valence-corrected chi connectivity index (χ0v) is 14.5. The molecule has 2 aromatic heterocycles. The number of aromatic nitrogens is 4. The number of hydrogen-bond donors (Lipinski definition) is 0. The molecule has 0 fully saturated rings. The number of thioether (sulfide) groups is 1. The van der Waals surface area contributed by atoms with Crippen LogP contribution in [0.15, 0.2) is 47.9 Å². The minimum Gasteiger partial charge on any atom is -0.302 e. The molecule has 0 spiro atoms. The average molecular weight is 324 g/mol. The first kappa shape index (κ1) is 15.7. The summed E-state index contributed by atoms with van der Waals surface area (Å²) in [6.07, 6.45) is 3.57. The fourth-order valence-electron chi connectivity index (χ4n) is 2.49. The lowest BCUT2D eigenvalue weighted by Crippen LogP contribution is -2.00. The van der Waals surface area contributed by atoms with Gasteiger partial charge in [-0.25, -0.2) is 0 Å². The van der Waals surface area contributed by atoms with Crippen LogP contribution >= 0.6 is 11.8 Å². The van der Waals surface area contributed by atoms with E-state index in [1.807, 2.05) is 12.1 Å². The fourth-order valence-corrected chi connectivity index (χ4v) is 3.56. The molecule has 3 rings (SSSR count). The predicted octanol–water partition coefficient (Wildman–Crippen LogP) is 4.27. The maximum absolute atomic E-state index is 4.39. The molecule has 0 radical (unpaired) electrons. The Bertz CT molecular complexity index is 796. The van der Waals surface area contributed by atoms with Crippen LogP contribution in [-0.2, 0) is 12.3 Å². The third kappa shape index (κ3) is 3.45. The van der Waals surface area contributed by atoms with Crippen molar-refractivity contribution in [2.45, 2.75) is 38.2 Å². The summed E-state index contributed by atoms with van der Waals surface area (Å²) in [5.41, 5.74) is 5.01. The van der Waals surface area contributed by atoms with Gasteiger partial charge in [0.05, 0.1) is 0 Å². The van der Waals surface area contributed by atoms with Gasteiger partial charge in [-0.3, -0.25) is 4.98 Å². The second kappa shape index (κ2) is 6.96. The second-order valence-electron chi connectivity index (χ2n) is 5.50. The van der Waals surface area contributed by atoms with Crippen molar-refractivity contribution >= 4 is 11.8 Å². The van der Waals surface area contributed by atoms with Crippen molar-refractivity contribution in [1.29, 1.82) is 0 Å². The number of benzene rings is 1. The fraction of sp³-hybridized carbons (Fsp3) is 0.278. The van der Waals surface area contributed by atoms with Crippen LogP contribution in [0.2, 0.25) is 0 Å². The molecule has 23 heavy (non-hydrogen) atoms. The van der Waals surface area contributed by atoms with Crippen molar-refractivity contribution in [3.8, 4) is 11.4 Å². The van der Waals surface area contributed by atoms with Crippen LogP contribution in [0.5, 0.6) is 0 Å². The number of pyridine rings is 1. The van der Waals surface area contributed by atoms with Crippen LogP contribution in [0.1, 0.15) is 23.6 Å². The number of nitrogens with zero attached hydrogens (tertiary/aromatic N) is 4. The molecule has 0 aliphatic rings. The Morgan fingerprint density at radius 2 is 1.83 bits per heavy atom. The highest BCUT2D eigenvalue weighted by atomic mass is 32.2. The normalized spacial score (nSPS) is 10.9. The highest BCUT2D eigenvalue weighted by Crippen LogP contribution is 2.27. The number of hydrogen-bond acceptors (Lipinski definition) is 4. The lowest BCUT2D eigenvalue weighted by Gasteiger charge is -2.09. The van der Waals surface area contributed by atoms with Crippen LogP contribution < -0.4 is 0 Å². The zero-order chi connectivity index (χ0) is 16.2. The Morgan fingerprint density at radius 3 is 2.57 bits per heavy atom. The third-order valence-corrected chi connectivity index (χ3v) is 4.85. The molecule has 3 aromatic rings. The standard InChI is InChI=1S/C18H20N4S/c1-4-22-17(15-7-9-19-10-8-15)20-21-18(22)23-12-16-11-13(2)5-6-14(16)3/h5-11H,4,12H2,1-3H3. The Morgan fingerprint density at radius 1 is 1.04 bits per heavy atom. The van der Waals surface area contributed by atoms with E-state index in [-0.39, 0.29) is 0 Å². The molecule has 0 bridgehead atoms. The molecule has 0 unspecified atom stereocenters. The van der Waals surface area contributed by atoms with Crippen LogP contribution in [0.25, 0.3) is 11.4 Å². The van der Waals surface area contributed by atoms with Gasteiger partial charge in [-0.05, 0) is 44.0 Å². The highest BCUT2D eigenvalue weighted by Gasteiger charge is 2.13. The average Bonchev–Trinajstić information content (AvgIpc) is 2.99. The quantitative estimate of drug-likeness (QED) is 0.657. The van der Waals surface area contributed by atoms with Crippen molar-refractivity contribution < 1.29 is 0 Å². The van der Waals surface area contributed by atoms with Crippen LogP contribution in [0, 0.1) is 13.8 Å². The Labute approximate surface area is 141 Å². The van der Waals surface area contributed by atoms with Crippen molar-refractivity contribution in [2.75, 3.05) is 0 Å². The first-order valence-corrected chi connectivity index (χ1v) is 8.70. The molecular formula is C18H20N4S. The van der Waals surface area contributed by atoms with E-state index in [9.17, 15) is 0 Å². The Balaban J connectivity index is 1.84. The van der Waals surface area contributed by atoms with Gasteiger partial charge in [0.25, 0.3) is 0 Å². The summed E-state index contributed by atoms with van der Waals surface area (Å²) in [7, 11) is 0. The molecule has 118 valence electrons. The molecular weight excluding hydrogens is 304 g/mol. The molecule has 0 atom stereocenters. The lowest BCUT2D eigenvalue weighted by molar-refractivity contribution is 0.687. The van der Waals surface area contributed by atoms with E-state index in [1.54, 1.807) is 24.2 Å². The van der Waals surface area contributed by atoms with Crippen molar-refractivity contribution in [3.05, 3.63) is 59.4 Å². The van der Waals surface area contributed by atoms with E-state index in [2.05, 4.69) is 58.7 Å². The minimum absolute atomic E-state index is 0.847. The summed E-state index contributed by atoms with van der Waals surface area (Å²) < 4.78 is 2.16. The molecule has 4 nitrogen and oxygen atoms in total. The van der Waals surface area contributed by atoms with Gasteiger partial charge in [0.2, 0.25) is 0 Å². The first-order valence-electron chi connectivity index (χ1n) is 7.71. The summed E-state index contributed by atoms with van der Waals surface area (Å²) in [6.45, 7) is 7.25. The number of aryl methyl sites for hydroxylation is 2. The summed E-state index contributed by atoms with van der Waals surface area (Å²) in [5.74, 6) is 1.81. The van der Waals surface area contributed by atoms with Gasteiger partial charge >= 0.3 is 0 Å². The minimum atomic E-state index is 0.847. The van der Waals surface area contributed by atoms with Gasteiger partial charge in [-0.1, -0.05) is 35.5 Å². The van der Waals surface area contributed by atoms with Gasteiger partial charge in [0.1, 0.15) is 0 Å². The van der Waals surface area contributed by atoms with E-state index in [0.717, 1.165) is 28.8 Å². The first-order chi connectivity index (χ1) is 11.2. The van der Waals surface area contributed by atoms with Crippen LogP contribution in [-0.4, -0.2) is 19.7 Å². The van der Waals surface area contributed by atoms with E-state index in [4.69, 9.17) is 0 Å². The van der Waals surface area contributed by atoms with Crippen molar-refractivity contribution in [1.82, 2.24) is 19.7 Å². The highest BCUT2D eigenvalue weighted by molar-refractivity contribution is 7.98. The topological polar surface area (TPSA) is 43.6 Å². The second-order valence-corrected chi connectivity index (χ2v) is 6.45. The molecule has 5 heteroatoms. The monoisotopic (exact) mass is 324 g/mol. The van der Waals surface area contributed by atoms with Gasteiger partial charge in [-0.15, -0.1) is 10.2 Å². The number of rotatable bonds is 5. The van der Waals surface area contributed by atoms with E-state index < -0.39 is 0 Å². The molecule has 2 heterocycles. The predicted molar refractivity (Wildman–Crippen MR) is 94.4 cm³/mol. The molecule has 0 saturated heterocycles. The van der Waals surface area contributed by atoms with Gasteiger partial charge in [-0.2, -0.15) is 0 Å². The molecule has 1 aromatic carbocycles. The van der Waals surface area contributed by atoms with E-state index >= 15 is 0 Å².